The van der Waals surface area contributed by atoms with Crippen LogP contribution in [0.2, 0.25) is 0 Å². The predicted octanol–water partition coefficient (Wildman–Crippen LogP) is 3.90. The average molecular weight is 507 g/mol. The van der Waals surface area contributed by atoms with E-state index in [1.54, 1.807) is 4.90 Å². The summed E-state index contributed by atoms with van der Waals surface area (Å²) in [6.07, 6.45) is -0.730. The quantitative estimate of drug-likeness (QED) is 0.453. The second-order valence-corrected chi connectivity index (χ2v) is 10.1. The zero-order valence-corrected chi connectivity index (χ0v) is 21.1. The predicted molar refractivity (Wildman–Crippen MR) is 132 cm³/mol. The van der Waals surface area contributed by atoms with Crippen LogP contribution in [0, 0.1) is 5.92 Å². The summed E-state index contributed by atoms with van der Waals surface area (Å²) < 4.78 is 43.7. The number of anilines is 2. The van der Waals surface area contributed by atoms with Crippen molar-refractivity contribution in [1.82, 2.24) is 19.9 Å². The molecule has 3 heterocycles. The van der Waals surface area contributed by atoms with Gasteiger partial charge in [-0.2, -0.15) is 13.2 Å². The molecule has 11 heteroatoms. The first-order valence-corrected chi connectivity index (χ1v) is 13.1. The van der Waals surface area contributed by atoms with Crippen molar-refractivity contribution in [2.24, 2.45) is 5.92 Å². The van der Waals surface area contributed by atoms with Gasteiger partial charge in [-0.3, -0.25) is 4.79 Å². The van der Waals surface area contributed by atoms with Crippen molar-refractivity contribution in [2.75, 3.05) is 49.5 Å². The molecule has 0 spiro atoms. The summed E-state index contributed by atoms with van der Waals surface area (Å²) >= 11 is 0. The Morgan fingerprint density at radius 1 is 1.20 bits per heavy atom. The monoisotopic (exact) mass is 506 g/mol. The Kier molecular flexibility index (Phi) is 7.31. The molecular formula is C24H30F3N6OP. The van der Waals surface area contributed by atoms with Gasteiger partial charge in [-0.1, -0.05) is 13.5 Å². The largest absolute Gasteiger partial charge is 0.418 e. The summed E-state index contributed by atoms with van der Waals surface area (Å²) in [5, 5.41) is 0. The van der Waals surface area contributed by atoms with Crippen molar-refractivity contribution in [3.8, 4) is 0 Å². The molecule has 1 saturated heterocycles. The number of halogens is 3. The topological polar surface area (TPSA) is 65.5 Å². The lowest BCUT2D eigenvalue weighted by molar-refractivity contribution is -0.138. The summed E-state index contributed by atoms with van der Waals surface area (Å²) in [7, 11) is 2.23. The Morgan fingerprint density at radius 2 is 1.91 bits per heavy atom. The van der Waals surface area contributed by atoms with Gasteiger partial charge < -0.3 is 14.5 Å². The van der Waals surface area contributed by atoms with Crippen molar-refractivity contribution < 1.29 is 18.0 Å². The highest BCUT2D eigenvalue weighted by Gasteiger charge is 2.40. The first kappa shape index (κ1) is 25.4. The number of carbonyl (C=O) groups excluding carboxylic acids is 1. The summed E-state index contributed by atoms with van der Waals surface area (Å²) in [4.78, 5) is 29.3. The van der Waals surface area contributed by atoms with Gasteiger partial charge in [-0.05, 0) is 52.4 Å². The fourth-order valence-electron chi connectivity index (χ4n) is 4.89. The molecule has 2 aromatic rings. The van der Waals surface area contributed by atoms with Crippen LogP contribution in [0.4, 0.5) is 24.8 Å². The molecular weight excluding hydrogens is 476 g/mol. The number of pyridine rings is 1. The Bertz CT molecular complexity index is 1100. The Labute approximate surface area is 205 Å². The first-order valence-electron chi connectivity index (χ1n) is 11.6. The normalized spacial score (nSPS) is 20.7. The van der Waals surface area contributed by atoms with E-state index in [2.05, 4.69) is 26.4 Å². The lowest BCUT2D eigenvalue weighted by atomic mass is 9.76. The van der Waals surface area contributed by atoms with Gasteiger partial charge in [0, 0.05) is 50.4 Å². The number of piperazine rings is 1. The molecule has 1 fully saturated rings. The van der Waals surface area contributed by atoms with Crippen molar-refractivity contribution in [2.45, 2.75) is 31.9 Å². The minimum Gasteiger partial charge on any atom is -0.353 e. The van der Waals surface area contributed by atoms with Gasteiger partial charge in [0.25, 0.3) is 0 Å². The summed E-state index contributed by atoms with van der Waals surface area (Å²) in [6.45, 7) is 9.89. The van der Waals surface area contributed by atoms with E-state index >= 15 is 0 Å². The van der Waals surface area contributed by atoms with Crippen LogP contribution in [0.15, 0.2) is 31.1 Å². The molecule has 7 nitrogen and oxygen atoms in total. The lowest BCUT2D eigenvalue weighted by Crippen LogP contribution is -2.49. The smallest absolute Gasteiger partial charge is 0.353 e. The van der Waals surface area contributed by atoms with Crippen LogP contribution >= 0.6 is 8.73 Å². The van der Waals surface area contributed by atoms with Crippen LogP contribution in [-0.4, -0.2) is 65.7 Å². The molecule has 3 unspecified atom stereocenters. The molecule has 35 heavy (non-hydrogen) atoms. The van der Waals surface area contributed by atoms with Gasteiger partial charge in [0.2, 0.25) is 5.91 Å². The summed E-state index contributed by atoms with van der Waals surface area (Å²) in [6, 6.07) is 2.60. The maximum absolute atomic E-state index is 13.9. The maximum Gasteiger partial charge on any atom is 0.418 e. The molecule has 1 aliphatic heterocycles. The minimum atomic E-state index is -4.48. The van der Waals surface area contributed by atoms with Gasteiger partial charge in [-0.25, -0.2) is 15.0 Å². The molecule has 0 aromatic carbocycles. The highest BCUT2D eigenvalue weighted by atomic mass is 31.1. The molecule has 1 amide bonds. The number of hydrogen-bond acceptors (Lipinski definition) is 6. The third-order valence-electron chi connectivity index (χ3n) is 6.95. The molecule has 1 aliphatic carbocycles. The van der Waals surface area contributed by atoms with Gasteiger partial charge in [0.15, 0.2) is 0 Å². The second kappa shape index (κ2) is 10.1. The van der Waals surface area contributed by atoms with E-state index in [0.29, 0.717) is 53.6 Å². The number of alkyl halides is 3. The number of nitrogens with zero attached hydrogens (tertiary/aromatic N) is 6. The SMILES string of the molecule is C=CC(=O)N1CCN(c2ncnc3c2CC(C)C(c2nc(N(C)PC)ccc2C(F)(F)F)C3)CC1. The maximum atomic E-state index is 13.9. The molecule has 0 N–H and O–H groups in total. The van der Waals surface area contributed by atoms with Crippen LogP contribution in [0.5, 0.6) is 0 Å². The average Bonchev–Trinajstić information content (AvgIpc) is 2.86. The van der Waals surface area contributed by atoms with E-state index < -0.39 is 17.7 Å². The molecule has 0 bridgehead atoms. The third-order valence-corrected chi connectivity index (χ3v) is 7.85. The molecule has 2 aromatic heterocycles. The number of carbonyl (C=O) groups is 1. The number of fused-ring (bicyclic) bond motifs is 1. The standard InChI is InChI=1S/C24H30F3N6OP/c1-5-21(34)32-8-10-33(11-9-32)23-17-12-15(2)16(13-19(17)28-14-29-23)22-18(24(25,26)27)6-7-20(30-22)31(3)35-4/h5-7,14-16,35H,1,8-13H2,2-4H3. The van der Waals surface area contributed by atoms with Crippen molar-refractivity contribution in [3.63, 3.8) is 0 Å². The van der Waals surface area contributed by atoms with Crippen LogP contribution in [0.1, 0.15) is 35.4 Å². The Morgan fingerprint density at radius 3 is 2.54 bits per heavy atom. The number of rotatable bonds is 5. The van der Waals surface area contributed by atoms with E-state index in [9.17, 15) is 18.0 Å². The van der Waals surface area contributed by atoms with Crippen LogP contribution in [-0.2, 0) is 23.8 Å². The van der Waals surface area contributed by atoms with Crippen LogP contribution < -0.4 is 9.57 Å². The van der Waals surface area contributed by atoms with E-state index in [-0.39, 0.29) is 17.5 Å². The zero-order valence-electron chi connectivity index (χ0n) is 20.1. The highest BCUT2D eigenvalue weighted by Crippen LogP contribution is 2.43. The van der Waals surface area contributed by atoms with Crippen molar-refractivity contribution >= 4 is 26.3 Å². The molecule has 0 saturated carbocycles. The number of hydrogen-bond donors (Lipinski definition) is 0. The second-order valence-electron chi connectivity index (χ2n) is 9.01. The molecule has 2 aliphatic rings. The van der Waals surface area contributed by atoms with E-state index in [4.69, 9.17) is 0 Å². The van der Waals surface area contributed by atoms with E-state index in [1.807, 2.05) is 25.3 Å². The van der Waals surface area contributed by atoms with Crippen LogP contribution in [0.3, 0.4) is 0 Å². The zero-order chi connectivity index (χ0) is 25.3. The van der Waals surface area contributed by atoms with E-state index in [1.165, 1.54) is 18.5 Å². The van der Waals surface area contributed by atoms with E-state index in [0.717, 1.165) is 23.1 Å². The van der Waals surface area contributed by atoms with Gasteiger partial charge in [0.05, 0.1) is 11.3 Å². The van der Waals surface area contributed by atoms with Gasteiger partial charge in [0.1, 0.15) is 18.0 Å². The Hall–Kier alpha value is -2.74. The van der Waals surface area contributed by atoms with Crippen molar-refractivity contribution in [1.29, 1.82) is 0 Å². The molecule has 0 radical (unpaired) electrons. The molecule has 3 atom stereocenters. The molecule has 188 valence electrons. The van der Waals surface area contributed by atoms with Crippen molar-refractivity contribution in [3.05, 3.63) is 53.6 Å². The fourth-order valence-corrected chi connectivity index (χ4v) is 5.24. The van der Waals surface area contributed by atoms with Gasteiger partial charge >= 0.3 is 6.18 Å². The van der Waals surface area contributed by atoms with Gasteiger partial charge in [-0.15, -0.1) is 0 Å². The lowest BCUT2D eigenvalue weighted by Gasteiger charge is -2.38. The minimum absolute atomic E-state index is 0.0749. The summed E-state index contributed by atoms with van der Waals surface area (Å²) in [5.41, 5.74) is 1.17. The third kappa shape index (κ3) is 5.13. The Balaban J connectivity index is 1.65. The molecule has 4 rings (SSSR count). The first-order chi connectivity index (χ1) is 16.6. The number of aromatic nitrogens is 3. The highest BCUT2D eigenvalue weighted by molar-refractivity contribution is 7.39. The summed E-state index contributed by atoms with van der Waals surface area (Å²) in [5.74, 6) is 0.791. The number of amides is 1. The fraction of sp³-hybridized carbons (Fsp3) is 0.500. The van der Waals surface area contributed by atoms with Crippen LogP contribution in [0.25, 0.3) is 0 Å².